The molecule has 0 saturated carbocycles. The Bertz CT molecular complexity index is 793. The minimum Gasteiger partial charge on any atom is -0.496 e. The highest BCUT2D eigenvalue weighted by Gasteiger charge is 2.23. The Kier molecular flexibility index (Phi) is 8.63. The van der Waals surface area contributed by atoms with Gasteiger partial charge in [-0.2, -0.15) is 8.42 Å². The number of thioether (sulfide) groups is 1. The molecule has 0 aliphatic heterocycles. The summed E-state index contributed by atoms with van der Waals surface area (Å²) >= 11 is 1.60. The zero-order chi connectivity index (χ0) is 19.7. The second-order valence-corrected chi connectivity index (χ2v) is 8.87. The van der Waals surface area contributed by atoms with E-state index in [1.807, 2.05) is 61.5 Å². The molecular weight excluding hydrogens is 384 g/mol. The first kappa shape index (κ1) is 21.8. The maximum atomic E-state index is 11.6. The molecule has 2 aromatic rings. The largest absolute Gasteiger partial charge is 0.496 e. The van der Waals surface area contributed by atoms with Gasteiger partial charge in [-0.05, 0) is 31.0 Å². The van der Waals surface area contributed by atoms with Crippen LogP contribution in [-0.4, -0.2) is 39.7 Å². The second kappa shape index (κ2) is 10.7. The monoisotopic (exact) mass is 410 g/mol. The van der Waals surface area contributed by atoms with E-state index in [-0.39, 0.29) is 6.10 Å². The number of para-hydroxylation sites is 1. The zero-order valence-electron chi connectivity index (χ0n) is 15.8. The summed E-state index contributed by atoms with van der Waals surface area (Å²) in [4.78, 5) is 1.01. The smallest absolute Gasteiger partial charge is 0.264 e. The molecule has 5 nitrogen and oxygen atoms in total. The van der Waals surface area contributed by atoms with Crippen LogP contribution in [0.5, 0.6) is 5.75 Å². The van der Waals surface area contributed by atoms with Crippen molar-refractivity contribution in [3.05, 3.63) is 60.2 Å². The van der Waals surface area contributed by atoms with Crippen molar-refractivity contribution >= 4 is 21.9 Å². The first-order valence-electron chi connectivity index (χ1n) is 8.68. The molecule has 0 spiro atoms. The van der Waals surface area contributed by atoms with Crippen LogP contribution in [0.1, 0.15) is 18.9 Å². The van der Waals surface area contributed by atoms with Gasteiger partial charge in [0.1, 0.15) is 11.9 Å². The quantitative estimate of drug-likeness (QED) is 0.410. The Morgan fingerprint density at radius 3 is 2.37 bits per heavy atom. The fraction of sp³-hybridized carbons (Fsp3) is 0.400. The standard InChI is InChI=1S/C20H26O5S2/c1-16(24-15-17-9-5-4-6-10-17)18(25-27(3,21)22)13-14-26-20-12-8-7-11-19(20)23-2/h4-12,16,18H,13-15H2,1-3H3/t16-,18-/m0/s1. The van der Waals surface area contributed by atoms with Gasteiger partial charge in [-0.1, -0.05) is 42.5 Å². The molecule has 0 unspecified atom stereocenters. The van der Waals surface area contributed by atoms with Crippen LogP contribution in [0.2, 0.25) is 0 Å². The maximum Gasteiger partial charge on any atom is 0.264 e. The Labute approximate surface area is 166 Å². The summed E-state index contributed by atoms with van der Waals surface area (Å²) in [5.74, 6) is 1.48. The lowest BCUT2D eigenvalue weighted by Crippen LogP contribution is -2.31. The third-order valence-electron chi connectivity index (χ3n) is 3.91. The van der Waals surface area contributed by atoms with E-state index < -0.39 is 16.2 Å². The van der Waals surface area contributed by atoms with E-state index in [1.54, 1.807) is 18.9 Å². The van der Waals surface area contributed by atoms with Crippen molar-refractivity contribution in [2.75, 3.05) is 19.1 Å². The van der Waals surface area contributed by atoms with Crippen molar-refractivity contribution in [2.45, 2.75) is 37.1 Å². The summed E-state index contributed by atoms with van der Waals surface area (Å²) in [5, 5.41) is 0. The first-order valence-corrected chi connectivity index (χ1v) is 11.5. The SMILES string of the molecule is COc1ccccc1SCC[C@H](OS(C)(=O)=O)[C@H](C)OCc1ccccc1. The van der Waals surface area contributed by atoms with Gasteiger partial charge < -0.3 is 9.47 Å². The van der Waals surface area contributed by atoms with E-state index in [0.29, 0.717) is 18.8 Å². The van der Waals surface area contributed by atoms with Gasteiger partial charge >= 0.3 is 0 Å². The molecule has 0 heterocycles. The van der Waals surface area contributed by atoms with Crippen LogP contribution in [0, 0.1) is 0 Å². The molecule has 0 bridgehead atoms. The molecule has 2 aromatic carbocycles. The molecule has 2 rings (SSSR count). The molecule has 0 aliphatic carbocycles. The molecular formula is C20H26O5S2. The molecule has 0 aromatic heterocycles. The Morgan fingerprint density at radius 2 is 1.70 bits per heavy atom. The van der Waals surface area contributed by atoms with Crippen LogP contribution < -0.4 is 4.74 Å². The predicted octanol–water partition coefficient (Wildman–Crippen LogP) is 4.13. The van der Waals surface area contributed by atoms with Crippen LogP contribution in [-0.2, 0) is 25.6 Å². The van der Waals surface area contributed by atoms with E-state index >= 15 is 0 Å². The molecule has 0 fully saturated rings. The Morgan fingerprint density at radius 1 is 1.04 bits per heavy atom. The van der Waals surface area contributed by atoms with Gasteiger partial charge in [0.2, 0.25) is 0 Å². The van der Waals surface area contributed by atoms with E-state index in [4.69, 9.17) is 13.7 Å². The minimum atomic E-state index is -3.57. The highest BCUT2D eigenvalue weighted by atomic mass is 32.2. The van der Waals surface area contributed by atoms with Gasteiger partial charge in [0.15, 0.2) is 0 Å². The van der Waals surface area contributed by atoms with Crippen LogP contribution in [0.25, 0.3) is 0 Å². The summed E-state index contributed by atoms with van der Waals surface area (Å²) in [6, 6.07) is 17.5. The average molecular weight is 411 g/mol. The molecule has 0 amide bonds. The number of methoxy groups -OCH3 is 1. The Balaban J connectivity index is 1.94. The second-order valence-electron chi connectivity index (χ2n) is 6.13. The third kappa shape index (κ3) is 7.92. The summed E-state index contributed by atoms with van der Waals surface area (Å²) < 4.78 is 39.8. The lowest BCUT2D eigenvalue weighted by molar-refractivity contribution is -0.0218. The van der Waals surface area contributed by atoms with Crippen molar-refractivity contribution in [3.8, 4) is 5.75 Å². The third-order valence-corrected chi connectivity index (χ3v) is 5.59. The van der Waals surface area contributed by atoms with Gasteiger partial charge in [0.25, 0.3) is 10.1 Å². The van der Waals surface area contributed by atoms with Crippen molar-refractivity contribution in [2.24, 2.45) is 0 Å². The lowest BCUT2D eigenvalue weighted by Gasteiger charge is -2.23. The van der Waals surface area contributed by atoms with Crippen LogP contribution in [0.3, 0.4) is 0 Å². The van der Waals surface area contributed by atoms with Gasteiger partial charge in [-0.15, -0.1) is 11.8 Å². The fourth-order valence-electron chi connectivity index (χ4n) is 2.52. The van der Waals surface area contributed by atoms with E-state index in [1.165, 1.54) is 0 Å². The summed E-state index contributed by atoms with van der Waals surface area (Å²) in [5.41, 5.74) is 1.03. The number of hydrogen-bond donors (Lipinski definition) is 0. The number of benzene rings is 2. The average Bonchev–Trinajstić information content (AvgIpc) is 2.65. The number of ether oxygens (including phenoxy) is 2. The molecule has 0 radical (unpaired) electrons. The van der Waals surface area contributed by atoms with Gasteiger partial charge in [0, 0.05) is 10.6 Å². The minimum absolute atomic E-state index is 0.363. The summed E-state index contributed by atoms with van der Waals surface area (Å²) in [6.07, 6.45) is 0.687. The normalized spacial score (nSPS) is 13.9. The molecule has 148 valence electrons. The topological polar surface area (TPSA) is 61.8 Å². The molecule has 0 saturated heterocycles. The fourth-order valence-corrected chi connectivity index (χ4v) is 4.26. The predicted molar refractivity (Wildman–Crippen MR) is 109 cm³/mol. The number of rotatable bonds is 11. The highest BCUT2D eigenvalue weighted by molar-refractivity contribution is 7.99. The molecule has 7 heteroatoms. The molecule has 0 aliphatic rings. The molecule has 0 N–H and O–H groups in total. The van der Waals surface area contributed by atoms with Crippen LogP contribution in [0.4, 0.5) is 0 Å². The van der Waals surface area contributed by atoms with Crippen LogP contribution >= 0.6 is 11.8 Å². The van der Waals surface area contributed by atoms with Gasteiger partial charge in [0.05, 0.1) is 26.1 Å². The van der Waals surface area contributed by atoms with Crippen molar-refractivity contribution < 1.29 is 22.1 Å². The number of hydrogen-bond acceptors (Lipinski definition) is 6. The van der Waals surface area contributed by atoms with Gasteiger partial charge in [-0.3, -0.25) is 4.18 Å². The van der Waals surface area contributed by atoms with E-state index in [2.05, 4.69) is 0 Å². The van der Waals surface area contributed by atoms with Crippen LogP contribution in [0.15, 0.2) is 59.5 Å². The molecule has 2 atom stereocenters. The highest BCUT2D eigenvalue weighted by Crippen LogP contribution is 2.30. The van der Waals surface area contributed by atoms with Crippen molar-refractivity contribution in [1.29, 1.82) is 0 Å². The van der Waals surface area contributed by atoms with E-state index in [0.717, 1.165) is 22.5 Å². The van der Waals surface area contributed by atoms with Gasteiger partial charge in [-0.25, -0.2) is 0 Å². The first-order chi connectivity index (χ1) is 12.9. The van der Waals surface area contributed by atoms with E-state index in [9.17, 15) is 8.42 Å². The lowest BCUT2D eigenvalue weighted by atomic mass is 10.2. The zero-order valence-corrected chi connectivity index (χ0v) is 17.5. The van der Waals surface area contributed by atoms with Crippen molar-refractivity contribution in [3.63, 3.8) is 0 Å². The molecule has 27 heavy (non-hydrogen) atoms. The Hall–Kier alpha value is -1.54. The summed E-state index contributed by atoms with van der Waals surface area (Å²) in [6.45, 7) is 2.25. The summed E-state index contributed by atoms with van der Waals surface area (Å²) in [7, 11) is -1.94. The van der Waals surface area contributed by atoms with Crippen molar-refractivity contribution in [1.82, 2.24) is 0 Å². The maximum absolute atomic E-state index is 11.6.